The summed E-state index contributed by atoms with van der Waals surface area (Å²) in [6, 6.07) is 4.72. The molecule has 1 atom stereocenters. The predicted molar refractivity (Wildman–Crippen MR) is 132 cm³/mol. The van der Waals surface area contributed by atoms with Gasteiger partial charge in [-0.05, 0) is 52.5 Å². The summed E-state index contributed by atoms with van der Waals surface area (Å²) in [7, 11) is 0. The quantitative estimate of drug-likeness (QED) is 0.646. The first kappa shape index (κ1) is 23.9. The highest BCUT2D eigenvalue weighted by Crippen LogP contribution is 2.42. The van der Waals surface area contributed by atoms with Crippen LogP contribution in [0.2, 0.25) is 0 Å². The Hall–Kier alpha value is -2.24. The van der Waals surface area contributed by atoms with Crippen molar-refractivity contribution in [3.8, 4) is 6.07 Å². The second kappa shape index (κ2) is 9.94. The molecule has 1 saturated heterocycles. The second-order valence-electron chi connectivity index (χ2n) is 10.2. The number of nitrogens with zero attached hydrogens (tertiary/aromatic N) is 4. The molecule has 0 aromatic carbocycles. The van der Waals surface area contributed by atoms with E-state index in [4.69, 9.17) is 0 Å². The highest BCUT2D eigenvalue weighted by Gasteiger charge is 2.37. The Morgan fingerprint density at radius 3 is 2.70 bits per heavy atom. The van der Waals surface area contributed by atoms with Crippen molar-refractivity contribution in [2.75, 3.05) is 24.3 Å². The molecule has 2 aliphatic heterocycles. The van der Waals surface area contributed by atoms with Crippen LogP contribution in [0.4, 0.5) is 5.82 Å². The molecule has 0 bridgehead atoms. The Balaban J connectivity index is 1.67. The van der Waals surface area contributed by atoms with E-state index in [0.717, 1.165) is 42.7 Å². The number of amides is 1. The number of aliphatic hydroxyl groups is 1. The first-order valence-corrected chi connectivity index (χ1v) is 13.1. The maximum Gasteiger partial charge on any atom is 0.271 e. The van der Waals surface area contributed by atoms with E-state index < -0.39 is 5.60 Å². The van der Waals surface area contributed by atoms with E-state index in [1.165, 1.54) is 19.3 Å². The fourth-order valence-electron chi connectivity index (χ4n) is 5.06. The molecule has 1 amide bonds. The summed E-state index contributed by atoms with van der Waals surface area (Å²) in [5.74, 6) is 1.23. The topological polar surface area (TPSA) is 92.5 Å². The average Bonchev–Trinajstić information content (AvgIpc) is 3.39. The predicted octanol–water partition coefficient (Wildman–Crippen LogP) is 4.15. The van der Waals surface area contributed by atoms with Gasteiger partial charge in [0.05, 0.1) is 17.0 Å². The van der Waals surface area contributed by atoms with Crippen LogP contribution in [0.3, 0.4) is 0 Å². The summed E-state index contributed by atoms with van der Waals surface area (Å²) in [6.07, 6.45) is 9.70. The molecule has 0 spiro atoms. The zero-order valence-corrected chi connectivity index (χ0v) is 20.7. The number of carbonyl (C=O) groups is 1. The number of β-amino-alcohol motifs (C(OH)–C–C–N with tert-alkyl or cyclic N) is 1. The maximum atomic E-state index is 13.7. The van der Waals surface area contributed by atoms with Gasteiger partial charge in [0.1, 0.15) is 17.6 Å². The normalized spacial score (nSPS) is 22.1. The van der Waals surface area contributed by atoms with Gasteiger partial charge in [-0.2, -0.15) is 5.26 Å². The van der Waals surface area contributed by atoms with Crippen molar-refractivity contribution in [3.63, 3.8) is 0 Å². The van der Waals surface area contributed by atoms with Gasteiger partial charge in [0, 0.05) is 41.8 Å². The molecule has 0 unspecified atom stereocenters. The van der Waals surface area contributed by atoms with Gasteiger partial charge in [-0.25, -0.2) is 4.98 Å². The van der Waals surface area contributed by atoms with Crippen molar-refractivity contribution in [1.82, 2.24) is 14.8 Å². The third-order valence-corrected chi connectivity index (χ3v) is 7.87. The van der Waals surface area contributed by atoms with Crippen molar-refractivity contribution in [2.24, 2.45) is 0 Å². The lowest BCUT2D eigenvalue weighted by atomic mass is 9.95. The zero-order valence-electron chi connectivity index (χ0n) is 19.9. The Morgan fingerprint density at radius 2 is 2.06 bits per heavy atom. The molecule has 2 N–H and O–H groups in total. The number of anilines is 1. The van der Waals surface area contributed by atoms with Gasteiger partial charge in [0.2, 0.25) is 0 Å². The lowest BCUT2D eigenvalue weighted by Gasteiger charge is -2.31. The van der Waals surface area contributed by atoms with Gasteiger partial charge in [-0.1, -0.05) is 19.3 Å². The SMILES string of the molecule is C[C@H]1CCCN1C(=O)C1=C(c2cnc(NC3CCCCC3)c(C#N)c2)SCN1CC(C)(C)O. The van der Waals surface area contributed by atoms with Crippen molar-refractivity contribution in [1.29, 1.82) is 5.26 Å². The second-order valence-corrected chi connectivity index (χ2v) is 11.1. The van der Waals surface area contributed by atoms with Crippen molar-refractivity contribution in [3.05, 3.63) is 29.1 Å². The number of hydrogen-bond acceptors (Lipinski definition) is 7. The van der Waals surface area contributed by atoms with Crippen LogP contribution in [0.15, 0.2) is 18.0 Å². The first-order chi connectivity index (χ1) is 15.8. The van der Waals surface area contributed by atoms with Gasteiger partial charge in [0.25, 0.3) is 5.91 Å². The standard InChI is InChI=1S/C25H35N5O2S/c1-17-8-7-11-30(17)24(31)21-22(33-16-29(21)15-25(2,3)32)19-12-18(13-26)23(27-14-19)28-20-9-5-4-6-10-20/h12,14,17,20,32H,4-11,15-16H2,1-3H3,(H,27,28)/t17-/m0/s1. The fourth-order valence-corrected chi connectivity index (χ4v) is 6.20. The van der Waals surface area contributed by atoms with Crippen molar-refractivity contribution < 1.29 is 9.90 Å². The van der Waals surface area contributed by atoms with E-state index in [1.807, 2.05) is 15.9 Å². The molecule has 1 aromatic heterocycles. The molecular formula is C25H35N5O2S. The Morgan fingerprint density at radius 1 is 1.30 bits per heavy atom. The van der Waals surface area contributed by atoms with Crippen LogP contribution in [-0.4, -0.2) is 62.4 Å². The highest BCUT2D eigenvalue weighted by atomic mass is 32.2. The van der Waals surface area contributed by atoms with Crippen LogP contribution < -0.4 is 5.32 Å². The molecule has 4 rings (SSSR count). The molecule has 1 aromatic rings. The van der Waals surface area contributed by atoms with Gasteiger partial charge >= 0.3 is 0 Å². The van der Waals surface area contributed by atoms with Crippen molar-refractivity contribution >= 4 is 28.4 Å². The minimum atomic E-state index is -0.929. The highest BCUT2D eigenvalue weighted by molar-refractivity contribution is 8.08. The third-order valence-electron chi connectivity index (χ3n) is 6.71. The number of thioether (sulfide) groups is 1. The third kappa shape index (κ3) is 5.47. The van der Waals surface area contributed by atoms with Gasteiger partial charge in [-0.3, -0.25) is 4.79 Å². The Labute approximate surface area is 201 Å². The van der Waals surface area contributed by atoms with E-state index in [2.05, 4.69) is 23.3 Å². The number of nitrogens with one attached hydrogen (secondary N) is 1. The summed E-state index contributed by atoms with van der Waals surface area (Å²) in [5.41, 5.74) is 0.990. The fraction of sp³-hybridized carbons (Fsp3) is 0.640. The number of likely N-dealkylation sites (tertiary alicyclic amines) is 1. The van der Waals surface area contributed by atoms with E-state index in [0.29, 0.717) is 35.5 Å². The minimum absolute atomic E-state index is 0.00663. The molecule has 33 heavy (non-hydrogen) atoms. The number of rotatable bonds is 6. The molecule has 1 aliphatic carbocycles. The molecule has 3 aliphatic rings. The van der Waals surface area contributed by atoms with Crippen LogP contribution in [0.5, 0.6) is 0 Å². The van der Waals surface area contributed by atoms with Crippen LogP contribution in [0.25, 0.3) is 4.91 Å². The monoisotopic (exact) mass is 469 g/mol. The molecule has 7 nitrogen and oxygen atoms in total. The lowest BCUT2D eigenvalue weighted by molar-refractivity contribution is -0.129. The van der Waals surface area contributed by atoms with E-state index in [1.54, 1.807) is 31.8 Å². The molecule has 1 saturated carbocycles. The molecule has 2 fully saturated rings. The van der Waals surface area contributed by atoms with E-state index in [-0.39, 0.29) is 11.9 Å². The van der Waals surface area contributed by atoms with Gasteiger partial charge in [0.15, 0.2) is 0 Å². The average molecular weight is 470 g/mol. The Bertz CT molecular complexity index is 959. The molecular weight excluding hydrogens is 434 g/mol. The lowest BCUT2D eigenvalue weighted by Crippen LogP contribution is -2.43. The first-order valence-electron chi connectivity index (χ1n) is 12.1. The number of hydrogen-bond donors (Lipinski definition) is 2. The summed E-state index contributed by atoms with van der Waals surface area (Å²) in [4.78, 5) is 23.0. The molecule has 3 heterocycles. The van der Waals surface area contributed by atoms with E-state index in [9.17, 15) is 15.2 Å². The summed E-state index contributed by atoms with van der Waals surface area (Å²) in [5, 5.41) is 23.8. The number of aromatic nitrogens is 1. The molecule has 0 radical (unpaired) electrons. The maximum absolute atomic E-state index is 13.7. The summed E-state index contributed by atoms with van der Waals surface area (Å²) in [6.45, 7) is 6.74. The van der Waals surface area contributed by atoms with Crippen LogP contribution in [0.1, 0.15) is 76.8 Å². The largest absolute Gasteiger partial charge is 0.389 e. The minimum Gasteiger partial charge on any atom is -0.389 e. The zero-order chi connectivity index (χ0) is 23.6. The molecule has 8 heteroatoms. The summed E-state index contributed by atoms with van der Waals surface area (Å²) >= 11 is 1.58. The number of pyridine rings is 1. The van der Waals surface area contributed by atoms with Crippen LogP contribution in [0, 0.1) is 11.3 Å². The van der Waals surface area contributed by atoms with E-state index >= 15 is 0 Å². The van der Waals surface area contributed by atoms with Gasteiger partial charge < -0.3 is 20.2 Å². The van der Waals surface area contributed by atoms with Crippen molar-refractivity contribution in [2.45, 2.75) is 83.4 Å². The number of carbonyl (C=O) groups excluding carboxylic acids is 1. The van der Waals surface area contributed by atoms with Gasteiger partial charge in [-0.15, -0.1) is 11.8 Å². The number of nitriles is 1. The molecule has 178 valence electrons. The summed E-state index contributed by atoms with van der Waals surface area (Å²) < 4.78 is 0. The van der Waals surface area contributed by atoms with Crippen LogP contribution in [-0.2, 0) is 4.79 Å². The van der Waals surface area contributed by atoms with Crippen LogP contribution >= 0.6 is 11.8 Å². The Kier molecular flexibility index (Phi) is 7.20. The smallest absolute Gasteiger partial charge is 0.271 e.